The largest absolute Gasteiger partial charge is 0.508 e. The molecule has 0 atom stereocenters. The molecular weight excluding hydrogens is 426 g/mol. The van der Waals surface area contributed by atoms with Crippen molar-refractivity contribution in [3.63, 3.8) is 0 Å². The number of benzene rings is 3. The summed E-state index contributed by atoms with van der Waals surface area (Å²) in [5.74, 6) is 0.215. The van der Waals surface area contributed by atoms with Crippen LogP contribution < -0.4 is 5.43 Å². The number of hydrazone groups is 1. The van der Waals surface area contributed by atoms with Crippen LogP contribution in [0.25, 0.3) is 17.1 Å². The van der Waals surface area contributed by atoms with Crippen LogP contribution in [0.4, 0.5) is 0 Å². The van der Waals surface area contributed by atoms with E-state index in [9.17, 15) is 15.0 Å². The van der Waals surface area contributed by atoms with Gasteiger partial charge in [0.25, 0.3) is 5.91 Å². The summed E-state index contributed by atoms with van der Waals surface area (Å²) in [5.41, 5.74) is 4.59. The Labute approximate surface area is 188 Å². The van der Waals surface area contributed by atoms with Crippen molar-refractivity contribution in [1.82, 2.24) is 20.2 Å². The van der Waals surface area contributed by atoms with Crippen LogP contribution in [0.2, 0.25) is 0 Å². The molecule has 1 heterocycles. The smallest absolute Gasteiger partial charge is 0.250 e. The van der Waals surface area contributed by atoms with Crippen molar-refractivity contribution in [2.24, 2.45) is 5.10 Å². The van der Waals surface area contributed by atoms with Crippen molar-refractivity contribution < 1.29 is 15.0 Å². The highest BCUT2D eigenvalue weighted by atomic mass is 32.2. The number of nitrogens with zero attached hydrogens (tertiary/aromatic N) is 4. The Hall–Kier alpha value is -4.11. The first-order chi connectivity index (χ1) is 15.6. The Morgan fingerprint density at radius 3 is 2.44 bits per heavy atom. The number of hydrogen-bond donors (Lipinski definition) is 3. The third-order valence-corrected chi connectivity index (χ3v) is 5.35. The number of nitrogens with one attached hydrogen (secondary N) is 1. The molecule has 32 heavy (non-hydrogen) atoms. The number of carbonyl (C=O) groups excluding carboxylic acids is 1. The average molecular weight is 446 g/mol. The molecule has 9 heteroatoms. The van der Waals surface area contributed by atoms with Crippen molar-refractivity contribution in [1.29, 1.82) is 0 Å². The molecule has 0 spiro atoms. The standard InChI is InChI=1S/C23H19N5O3S/c29-19-12-11-17(20(30)13-19)14-24-25-21(31)15-32-23-27-26-22(16-7-3-1-4-8-16)28(23)18-9-5-2-6-10-18/h1-14,29-30H,15H2,(H,25,31)/b24-14-. The van der Waals surface area contributed by atoms with E-state index < -0.39 is 0 Å². The lowest BCUT2D eigenvalue weighted by molar-refractivity contribution is -0.118. The number of amides is 1. The quantitative estimate of drug-likeness (QED) is 0.228. The number of carbonyl (C=O) groups is 1. The van der Waals surface area contributed by atoms with Gasteiger partial charge in [-0.25, -0.2) is 5.43 Å². The van der Waals surface area contributed by atoms with Gasteiger partial charge in [0.2, 0.25) is 0 Å². The molecule has 0 aliphatic carbocycles. The molecule has 0 saturated carbocycles. The lowest BCUT2D eigenvalue weighted by atomic mass is 10.2. The summed E-state index contributed by atoms with van der Waals surface area (Å²) >= 11 is 1.24. The highest BCUT2D eigenvalue weighted by Gasteiger charge is 2.17. The molecule has 0 fully saturated rings. The highest BCUT2D eigenvalue weighted by molar-refractivity contribution is 7.99. The molecular formula is C23H19N5O3S. The van der Waals surface area contributed by atoms with Crippen LogP contribution in [0, 0.1) is 0 Å². The van der Waals surface area contributed by atoms with E-state index in [-0.39, 0.29) is 23.2 Å². The highest BCUT2D eigenvalue weighted by Crippen LogP contribution is 2.27. The number of hydrogen-bond acceptors (Lipinski definition) is 7. The molecule has 0 bridgehead atoms. The number of thioether (sulfide) groups is 1. The zero-order valence-corrected chi connectivity index (χ0v) is 17.6. The Morgan fingerprint density at radius 1 is 1.00 bits per heavy atom. The van der Waals surface area contributed by atoms with Gasteiger partial charge < -0.3 is 10.2 Å². The average Bonchev–Trinajstić information content (AvgIpc) is 3.24. The molecule has 3 N–H and O–H groups in total. The van der Waals surface area contributed by atoms with Gasteiger partial charge in [-0.05, 0) is 24.3 Å². The Kier molecular flexibility index (Phi) is 6.47. The van der Waals surface area contributed by atoms with Gasteiger partial charge in [-0.3, -0.25) is 9.36 Å². The summed E-state index contributed by atoms with van der Waals surface area (Å²) in [4.78, 5) is 12.3. The van der Waals surface area contributed by atoms with Gasteiger partial charge in [-0.2, -0.15) is 5.10 Å². The van der Waals surface area contributed by atoms with E-state index in [1.807, 2.05) is 65.2 Å². The number of para-hydroxylation sites is 1. The predicted octanol–water partition coefficient (Wildman–Crippen LogP) is 3.59. The predicted molar refractivity (Wildman–Crippen MR) is 123 cm³/mol. The number of phenols is 2. The summed E-state index contributed by atoms with van der Waals surface area (Å²) in [6.07, 6.45) is 1.30. The van der Waals surface area contributed by atoms with Crippen molar-refractivity contribution in [2.45, 2.75) is 5.16 Å². The van der Waals surface area contributed by atoms with E-state index in [0.29, 0.717) is 16.5 Å². The Balaban J connectivity index is 1.48. The second kappa shape index (κ2) is 9.80. The van der Waals surface area contributed by atoms with Crippen LogP contribution in [0.15, 0.2) is 89.1 Å². The first kappa shape index (κ1) is 21.1. The zero-order valence-electron chi connectivity index (χ0n) is 16.8. The minimum Gasteiger partial charge on any atom is -0.508 e. The number of phenolic OH excluding ortho intramolecular Hbond substituents is 2. The van der Waals surface area contributed by atoms with E-state index >= 15 is 0 Å². The topological polar surface area (TPSA) is 113 Å². The maximum atomic E-state index is 12.3. The van der Waals surface area contributed by atoms with Crippen molar-refractivity contribution >= 4 is 23.9 Å². The number of aromatic nitrogens is 3. The molecule has 0 unspecified atom stereocenters. The van der Waals surface area contributed by atoms with Gasteiger partial charge in [0.1, 0.15) is 11.5 Å². The summed E-state index contributed by atoms with van der Waals surface area (Å²) < 4.78 is 1.91. The fourth-order valence-corrected chi connectivity index (χ4v) is 3.67. The monoisotopic (exact) mass is 445 g/mol. The first-order valence-electron chi connectivity index (χ1n) is 9.65. The molecule has 4 aromatic rings. The Morgan fingerprint density at radius 2 is 1.72 bits per heavy atom. The fourth-order valence-electron chi connectivity index (χ4n) is 2.92. The zero-order chi connectivity index (χ0) is 22.3. The van der Waals surface area contributed by atoms with Crippen molar-refractivity contribution in [2.75, 3.05) is 5.75 Å². The molecule has 3 aromatic carbocycles. The van der Waals surface area contributed by atoms with Crippen LogP contribution in [0.1, 0.15) is 5.56 Å². The van der Waals surface area contributed by atoms with Gasteiger partial charge in [0.05, 0.1) is 12.0 Å². The molecule has 1 amide bonds. The van der Waals surface area contributed by atoms with Gasteiger partial charge in [-0.1, -0.05) is 60.3 Å². The van der Waals surface area contributed by atoms with Crippen LogP contribution in [-0.4, -0.2) is 42.9 Å². The second-order valence-electron chi connectivity index (χ2n) is 6.67. The van der Waals surface area contributed by atoms with Crippen LogP contribution in [0.5, 0.6) is 11.5 Å². The summed E-state index contributed by atoms with van der Waals surface area (Å²) in [6.45, 7) is 0. The molecule has 0 aliphatic heterocycles. The molecule has 8 nitrogen and oxygen atoms in total. The lowest BCUT2D eigenvalue weighted by Gasteiger charge is -2.10. The van der Waals surface area contributed by atoms with E-state index in [1.165, 1.54) is 36.2 Å². The van der Waals surface area contributed by atoms with Crippen molar-refractivity contribution in [3.8, 4) is 28.6 Å². The minimum atomic E-state index is -0.339. The molecule has 0 radical (unpaired) electrons. The maximum absolute atomic E-state index is 12.3. The summed E-state index contributed by atoms with van der Waals surface area (Å²) in [6, 6.07) is 23.5. The Bertz CT molecular complexity index is 1240. The van der Waals surface area contributed by atoms with E-state index in [0.717, 1.165) is 11.3 Å². The summed E-state index contributed by atoms with van der Waals surface area (Å²) in [7, 11) is 0. The fraction of sp³-hybridized carbons (Fsp3) is 0.0435. The van der Waals surface area contributed by atoms with Crippen molar-refractivity contribution in [3.05, 3.63) is 84.4 Å². The van der Waals surface area contributed by atoms with Crippen LogP contribution in [0.3, 0.4) is 0 Å². The number of rotatable bonds is 7. The normalized spacial score (nSPS) is 11.0. The van der Waals surface area contributed by atoms with Gasteiger partial charge in [0, 0.05) is 22.9 Å². The lowest BCUT2D eigenvalue weighted by Crippen LogP contribution is -2.20. The third kappa shape index (κ3) is 4.96. The van der Waals surface area contributed by atoms with Gasteiger partial charge >= 0.3 is 0 Å². The maximum Gasteiger partial charge on any atom is 0.250 e. The number of aromatic hydroxyl groups is 2. The second-order valence-corrected chi connectivity index (χ2v) is 7.61. The van der Waals surface area contributed by atoms with Gasteiger partial charge in [-0.15, -0.1) is 10.2 Å². The molecule has 1 aromatic heterocycles. The molecule has 4 rings (SSSR count). The molecule has 160 valence electrons. The third-order valence-electron chi connectivity index (χ3n) is 4.42. The molecule has 0 saturated heterocycles. The molecule has 0 aliphatic rings. The van der Waals surface area contributed by atoms with Gasteiger partial charge in [0.15, 0.2) is 11.0 Å². The van der Waals surface area contributed by atoms with E-state index in [4.69, 9.17) is 0 Å². The van der Waals surface area contributed by atoms with E-state index in [1.54, 1.807) is 0 Å². The summed E-state index contributed by atoms with van der Waals surface area (Å²) in [5, 5.41) is 32.1. The van der Waals surface area contributed by atoms with Crippen LogP contribution in [-0.2, 0) is 4.79 Å². The first-order valence-corrected chi connectivity index (χ1v) is 10.6. The van der Waals surface area contributed by atoms with Crippen LogP contribution >= 0.6 is 11.8 Å². The SMILES string of the molecule is O=C(CSc1nnc(-c2ccccc2)n1-c1ccccc1)N/N=C\c1ccc(O)cc1O. The van der Waals surface area contributed by atoms with E-state index in [2.05, 4.69) is 20.7 Å². The minimum absolute atomic E-state index is 0.0579.